The number of ether oxygens (including phenoxy) is 1. The lowest BCUT2D eigenvalue weighted by Gasteiger charge is -2.19. The summed E-state index contributed by atoms with van der Waals surface area (Å²) in [5.41, 5.74) is 7.78. The van der Waals surface area contributed by atoms with Crippen LogP contribution < -0.4 is 26.5 Å². The molecule has 0 aliphatic heterocycles. The molecule has 1 atom stereocenters. The van der Waals surface area contributed by atoms with Crippen LogP contribution in [0.2, 0.25) is 0 Å². The number of methoxy groups -OCH3 is 1. The van der Waals surface area contributed by atoms with Crippen LogP contribution in [0.3, 0.4) is 0 Å². The van der Waals surface area contributed by atoms with E-state index in [1.54, 1.807) is 0 Å². The van der Waals surface area contributed by atoms with Crippen LogP contribution in [0.4, 0.5) is 5.82 Å². The van der Waals surface area contributed by atoms with E-state index in [0.29, 0.717) is 31.4 Å². The fourth-order valence-corrected chi connectivity index (χ4v) is 6.64. The molecule has 0 spiro atoms. The monoisotopic (exact) mass is 581 g/mol. The van der Waals surface area contributed by atoms with Gasteiger partial charge in [-0.15, -0.1) is 5.11 Å². The SMILES string of the molecule is COC(=O)C(CCCCNC(=O)c1ccc(P(c2ccccc2)c2ccccc2)cc1)NC(=O)c1ccc(N=N)nc1. The highest BCUT2D eigenvalue weighted by molar-refractivity contribution is 7.79. The number of carbonyl (C=O) groups excluding carboxylic acids is 3. The smallest absolute Gasteiger partial charge is 0.328 e. The number of hydrogen-bond donors (Lipinski definition) is 3. The summed E-state index contributed by atoms with van der Waals surface area (Å²) in [5.74, 6) is -1.02. The van der Waals surface area contributed by atoms with Gasteiger partial charge in [-0.2, -0.15) is 0 Å². The molecular formula is C32H32N5O4P. The number of rotatable bonds is 13. The molecule has 0 saturated carbocycles. The first-order chi connectivity index (χ1) is 20.5. The summed E-state index contributed by atoms with van der Waals surface area (Å²) in [6.07, 6.45) is 2.83. The van der Waals surface area contributed by atoms with E-state index < -0.39 is 25.8 Å². The van der Waals surface area contributed by atoms with Crippen molar-refractivity contribution in [3.8, 4) is 0 Å². The predicted molar refractivity (Wildman–Crippen MR) is 164 cm³/mol. The maximum Gasteiger partial charge on any atom is 0.328 e. The molecule has 9 nitrogen and oxygen atoms in total. The molecule has 3 N–H and O–H groups in total. The molecule has 214 valence electrons. The van der Waals surface area contributed by atoms with Crippen molar-refractivity contribution >= 4 is 47.4 Å². The van der Waals surface area contributed by atoms with Crippen molar-refractivity contribution in [2.24, 2.45) is 5.11 Å². The van der Waals surface area contributed by atoms with Crippen molar-refractivity contribution in [2.75, 3.05) is 13.7 Å². The van der Waals surface area contributed by atoms with Crippen LogP contribution in [0.1, 0.15) is 40.0 Å². The molecule has 4 rings (SSSR count). The number of nitrogens with zero attached hydrogens (tertiary/aromatic N) is 2. The number of pyridine rings is 1. The van der Waals surface area contributed by atoms with Gasteiger partial charge in [0.05, 0.1) is 12.7 Å². The molecule has 2 amide bonds. The lowest BCUT2D eigenvalue weighted by molar-refractivity contribution is -0.143. The van der Waals surface area contributed by atoms with Crippen LogP contribution in [0, 0.1) is 5.53 Å². The molecule has 1 unspecified atom stereocenters. The van der Waals surface area contributed by atoms with Crippen molar-refractivity contribution in [3.05, 3.63) is 114 Å². The summed E-state index contributed by atoms with van der Waals surface area (Å²) < 4.78 is 4.84. The van der Waals surface area contributed by atoms with E-state index >= 15 is 0 Å². The van der Waals surface area contributed by atoms with E-state index in [2.05, 4.69) is 45.0 Å². The third-order valence-corrected chi connectivity index (χ3v) is 8.98. The van der Waals surface area contributed by atoms with E-state index in [4.69, 9.17) is 10.3 Å². The Kier molecular flexibility index (Phi) is 11.0. The number of esters is 1. The van der Waals surface area contributed by atoms with Crippen molar-refractivity contribution < 1.29 is 19.1 Å². The third-order valence-electron chi connectivity index (χ3n) is 6.54. The number of amides is 2. The Balaban J connectivity index is 1.29. The first-order valence-electron chi connectivity index (χ1n) is 13.5. The minimum absolute atomic E-state index is 0.168. The summed E-state index contributed by atoms with van der Waals surface area (Å²) in [6.45, 7) is 0.422. The minimum atomic E-state index is -0.838. The second-order valence-electron chi connectivity index (χ2n) is 9.37. The summed E-state index contributed by atoms with van der Waals surface area (Å²) in [6, 6.07) is 30.6. The molecule has 3 aromatic carbocycles. The minimum Gasteiger partial charge on any atom is -0.467 e. The molecule has 10 heteroatoms. The number of unbranched alkanes of at least 4 members (excludes halogenated alkanes) is 1. The van der Waals surface area contributed by atoms with Gasteiger partial charge in [-0.3, -0.25) is 9.59 Å². The van der Waals surface area contributed by atoms with Crippen LogP contribution >= 0.6 is 7.92 Å². The topological polar surface area (TPSA) is 134 Å². The first kappa shape index (κ1) is 30.2. The van der Waals surface area contributed by atoms with Gasteiger partial charge in [-0.25, -0.2) is 15.3 Å². The fraction of sp³-hybridized carbons (Fsp3) is 0.188. The Labute approximate surface area is 246 Å². The highest BCUT2D eigenvalue weighted by Gasteiger charge is 2.22. The van der Waals surface area contributed by atoms with Gasteiger partial charge in [0, 0.05) is 18.3 Å². The molecule has 0 fully saturated rings. The second-order valence-corrected chi connectivity index (χ2v) is 11.6. The average Bonchev–Trinajstić information content (AvgIpc) is 3.05. The van der Waals surface area contributed by atoms with Crippen LogP contribution in [-0.2, 0) is 9.53 Å². The van der Waals surface area contributed by atoms with Gasteiger partial charge in [0.2, 0.25) is 0 Å². The Morgan fingerprint density at radius 2 is 1.40 bits per heavy atom. The van der Waals surface area contributed by atoms with E-state index in [1.165, 1.54) is 36.0 Å². The molecule has 4 aromatic rings. The molecule has 0 aliphatic rings. The third kappa shape index (κ3) is 8.15. The van der Waals surface area contributed by atoms with Crippen molar-refractivity contribution in [2.45, 2.75) is 25.3 Å². The summed E-state index contributed by atoms with van der Waals surface area (Å²) >= 11 is 0. The molecule has 0 bridgehead atoms. The largest absolute Gasteiger partial charge is 0.467 e. The van der Waals surface area contributed by atoms with E-state index in [-0.39, 0.29) is 17.3 Å². The summed E-state index contributed by atoms with van der Waals surface area (Å²) in [7, 11) is 0.521. The van der Waals surface area contributed by atoms with Gasteiger partial charge in [0.15, 0.2) is 5.82 Å². The normalized spacial score (nSPS) is 11.4. The van der Waals surface area contributed by atoms with Gasteiger partial charge in [-0.1, -0.05) is 72.8 Å². The lowest BCUT2D eigenvalue weighted by atomic mass is 10.1. The van der Waals surface area contributed by atoms with Gasteiger partial charge in [-0.05, 0) is 67.4 Å². The number of nitrogens with one attached hydrogen (secondary N) is 3. The number of aromatic nitrogens is 1. The van der Waals surface area contributed by atoms with Gasteiger partial charge in [0.1, 0.15) is 6.04 Å². The Bertz CT molecular complexity index is 1440. The standard InChI is InChI=1S/C32H32N5O4P/c1-41-32(40)28(36-31(39)24-17-20-29(37-33)35-22-24)14-8-9-21-34-30(38)23-15-18-27(19-16-23)42(25-10-4-2-5-11-25)26-12-6-3-7-13-26/h2-7,10-13,15-20,22,28,33H,8-9,14,21H2,1H3,(H,34,38)(H,36,39). The van der Waals surface area contributed by atoms with Crippen molar-refractivity contribution in [1.82, 2.24) is 15.6 Å². The zero-order valence-electron chi connectivity index (χ0n) is 23.2. The molecule has 1 heterocycles. The van der Waals surface area contributed by atoms with Crippen LogP contribution in [0.25, 0.3) is 0 Å². The molecule has 1 aromatic heterocycles. The fourth-order valence-electron chi connectivity index (χ4n) is 4.36. The Morgan fingerprint density at radius 1 is 0.810 bits per heavy atom. The second kappa shape index (κ2) is 15.3. The molecule has 0 aliphatic carbocycles. The van der Waals surface area contributed by atoms with E-state index in [1.807, 2.05) is 60.7 Å². The highest BCUT2D eigenvalue weighted by atomic mass is 31.1. The van der Waals surface area contributed by atoms with Crippen LogP contribution in [-0.4, -0.2) is 42.5 Å². The van der Waals surface area contributed by atoms with Gasteiger partial charge >= 0.3 is 5.97 Å². The highest BCUT2D eigenvalue weighted by Crippen LogP contribution is 2.32. The number of hydrogen-bond acceptors (Lipinski definition) is 7. The molecule has 42 heavy (non-hydrogen) atoms. The molecular weight excluding hydrogens is 549 g/mol. The van der Waals surface area contributed by atoms with Gasteiger partial charge < -0.3 is 15.4 Å². The molecule has 0 saturated heterocycles. The van der Waals surface area contributed by atoms with E-state index in [9.17, 15) is 14.4 Å². The summed E-state index contributed by atoms with van der Waals surface area (Å²) in [5, 5.41) is 12.4. The summed E-state index contributed by atoms with van der Waals surface area (Å²) in [4.78, 5) is 41.5. The Morgan fingerprint density at radius 3 is 1.95 bits per heavy atom. The molecule has 0 radical (unpaired) electrons. The zero-order valence-corrected chi connectivity index (χ0v) is 24.1. The number of benzene rings is 3. The lowest BCUT2D eigenvalue weighted by Crippen LogP contribution is -2.41. The first-order valence-corrected chi connectivity index (χ1v) is 14.8. The maximum absolute atomic E-state index is 12.8. The average molecular weight is 582 g/mol. The van der Waals surface area contributed by atoms with Crippen LogP contribution in [0.15, 0.2) is 108 Å². The van der Waals surface area contributed by atoms with Crippen molar-refractivity contribution in [3.63, 3.8) is 0 Å². The van der Waals surface area contributed by atoms with Crippen molar-refractivity contribution in [1.29, 1.82) is 5.53 Å². The van der Waals surface area contributed by atoms with Crippen LogP contribution in [0.5, 0.6) is 0 Å². The maximum atomic E-state index is 12.8. The Hall–Kier alpha value is -4.75. The number of carbonyl (C=O) groups is 3. The van der Waals surface area contributed by atoms with Gasteiger partial charge in [0.25, 0.3) is 11.8 Å². The quantitative estimate of drug-likeness (QED) is 0.0933. The zero-order chi connectivity index (χ0) is 29.7. The van der Waals surface area contributed by atoms with E-state index in [0.717, 1.165) is 5.30 Å². The predicted octanol–water partition coefficient (Wildman–Crippen LogP) is 4.37.